The van der Waals surface area contributed by atoms with Crippen molar-refractivity contribution in [2.75, 3.05) is 0 Å². The first kappa shape index (κ1) is 9.33. The number of H-pyrrole nitrogens is 1. The van der Waals surface area contributed by atoms with Crippen molar-refractivity contribution in [2.45, 2.75) is 6.18 Å². The van der Waals surface area contributed by atoms with Gasteiger partial charge in [0.05, 0.1) is 27.9 Å². The third kappa shape index (κ3) is 1.43. The number of nitrogens with zero attached hydrogens (tertiary/aromatic N) is 1. The summed E-state index contributed by atoms with van der Waals surface area (Å²) in [4.78, 5) is 6.40. The van der Waals surface area contributed by atoms with Gasteiger partial charge in [-0.15, -0.1) is 0 Å². The molecule has 74 valence electrons. The Hall–Kier alpha value is -1.23. The molecule has 1 heterocycles. The van der Waals surface area contributed by atoms with Crippen LogP contribution in [0.5, 0.6) is 0 Å². The number of nitrogens with one attached hydrogen (secondary N) is 1. The first-order chi connectivity index (χ1) is 6.48. The lowest BCUT2D eigenvalue weighted by molar-refractivity contribution is -0.137. The summed E-state index contributed by atoms with van der Waals surface area (Å²) in [6.07, 6.45) is -3.12. The second-order valence-electron chi connectivity index (χ2n) is 2.75. The van der Waals surface area contributed by atoms with Crippen molar-refractivity contribution in [1.82, 2.24) is 9.97 Å². The average Bonchev–Trinajstić information content (AvgIpc) is 2.47. The molecule has 0 aliphatic carbocycles. The van der Waals surface area contributed by atoms with E-state index < -0.39 is 11.7 Å². The Labute approximate surface area is 81.7 Å². The van der Waals surface area contributed by atoms with E-state index in [-0.39, 0.29) is 10.5 Å². The SMILES string of the molecule is FC(F)(F)c1cc2nc[nH]c2cc1Cl. The Balaban J connectivity index is 2.71. The van der Waals surface area contributed by atoms with Crippen molar-refractivity contribution in [3.63, 3.8) is 0 Å². The topological polar surface area (TPSA) is 28.7 Å². The summed E-state index contributed by atoms with van der Waals surface area (Å²) in [7, 11) is 0. The van der Waals surface area contributed by atoms with E-state index in [1.165, 1.54) is 12.4 Å². The molecule has 0 aliphatic heterocycles. The summed E-state index contributed by atoms with van der Waals surface area (Å²) in [5, 5.41) is -0.325. The lowest BCUT2D eigenvalue weighted by Gasteiger charge is -2.07. The van der Waals surface area contributed by atoms with Crippen molar-refractivity contribution in [1.29, 1.82) is 0 Å². The van der Waals surface area contributed by atoms with Crippen molar-refractivity contribution in [3.05, 3.63) is 29.0 Å². The number of benzene rings is 1. The van der Waals surface area contributed by atoms with E-state index in [1.54, 1.807) is 0 Å². The van der Waals surface area contributed by atoms with Crippen LogP contribution in [-0.2, 0) is 6.18 Å². The molecule has 0 fully saturated rings. The molecule has 1 aromatic carbocycles. The molecule has 1 N–H and O–H groups in total. The van der Waals surface area contributed by atoms with Gasteiger partial charge in [0.15, 0.2) is 0 Å². The standard InChI is InChI=1S/C8H4ClF3N2/c9-5-2-7-6(13-3-14-7)1-4(5)8(10,11)12/h1-3H,(H,13,14). The zero-order chi connectivity index (χ0) is 10.3. The van der Waals surface area contributed by atoms with Gasteiger partial charge in [0.1, 0.15) is 0 Å². The second-order valence-corrected chi connectivity index (χ2v) is 3.16. The van der Waals surface area contributed by atoms with Crippen LogP contribution >= 0.6 is 11.6 Å². The third-order valence-electron chi connectivity index (χ3n) is 1.81. The molecule has 0 amide bonds. The second kappa shape index (κ2) is 2.88. The van der Waals surface area contributed by atoms with Gasteiger partial charge in [0.25, 0.3) is 0 Å². The van der Waals surface area contributed by atoms with E-state index in [0.717, 1.165) is 6.07 Å². The molecule has 2 rings (SSSR count). The molecule has 0 saturated carbocycles. The van der Waals surface area contributed by atoms with Gasteiger partial charge in [0.2, 0.25) is 0 Å². The van der Waals surface area contributed by atoms with Gasteiger partial charge < -0.3 is 4.98 Å². The maximum Gasteiger partial charge on any atom is 0.417 e. The van der Waals surface area contributed by atoms with Gasteiger partial charge in [0, 0.05) is 0 Å². The predicted molar refractivity (Wildman–Crippen MR) is 46.1 cm³/mol. The monoisotopic (exact) mass is 220 g/mol. The van der Waals surface area contributed by atoms with Crippen LogP contribution in [0.4, 0.5) is 13.2 Å². The Morgan fingerprint density at radius 1 is 1.29 bits per heavy atom. The van der Waals surface area contributed by atoms with E-state index in [1.807, 2.05) is 0 Å². The largest absolute Gasteiger partial charge is 0.417 e. The number of aromatic amines is 1. The molecule has 0 bridgehead atoms. The van der Waals surface area contributed by atoms with Crippen LogP contribution in [0.2, 0.25) is 5.02 Å². The maximum absolute atomic E-state index is 12.4. The van der Waals surface area contributed by atoms with Crippen LogP contribution in [0.1, 0.15) is 5.56 Å². The average molecular weight is 221 g/mol. The van der Waals surface area contributed by atoms with Gasteiger partial charge >= 0.3 is 6.18 Å². The number of imidazole rings is 1. The molecule has 0 saturated heterocycles. The van der Waals surface area contributed by atoms with Crippen LogP contribution in [0, 0.1) is 0 Å². The number of rotatable bonds is 0. The molecule has 0 aliphatic rings. The summed E-state index contributed by atoms with van der Waals surface area (Å²) in [5.41, 5.74) is -0.122. The Kier molecular flexibility index (Phi) is 1.92. The summed E-state index contributed by atoms with van der Waals surface area (Å²) in [6.45, 7) is 0. The Morgan fingerprint density at radius 2 is 2.00 bits per heavy atom. The molecule has 0 radical (unpaired) electrons. The lowest BCUT2D eigenvalue weighted by Crippen LogP contribution is -2.05. The normalized spacial score (nSPS) is 12.3. The summed E-state index contributed by atoms with van der Waals surface area (Å²) in [5.74, 6) is 0. The smallest absolute Gasteiger partial charge is 0.345 e. The lowest BCUT2D eigenvalue weighted by atomic mass is 10.2. The van der Waals surface area contributed by atoms with E-state index in [0.29, 0.717) is 5.52 Å². The van der Waals surface area contributed by atoms with Crippen molar-refractivity contribution in [2.24, 2.45) is 0 Å². The van der Waals surface area contributed by atoms with Crippen molar-refractivity contribution < 1.29 is 13.2 Å². The van der Waals surface area contributed by atoms with Crippen LogP contribution in [-0.4, -0.2) is 9.97 Å². The van der Waals surface area contributed by atoms with Crippen molar-refractivity contribution in [3.8, 4) is 0 Å². The van der Waals surface area contributed by atoms with Crippen LogP contribution in [0.3, 0.4) is 0 Å². The highest BCUT2D eigenvalue weighted by molar-refractivity contribution is 6.32. The Bertz CT molecular complexity index is 475. The quantitative estimate of drug-likeness (QED) is 0.726. The molecule has 0 atom stereocenters. The summed E-state index contributed by atoms with van der Waals surface area (Å²) >= 11 is 5.48. The fourth-order valence-corrected chi connectivity index (χ4v) is 1.44. The van der Waals surface area contributed by atoms with Gasteiger partial charge in [-0.05, 0) is 12.1 Å². The predicted octanol–water partition coefficient (Wildman–Crippen LogP) is 3.24. The highest BCUT2D eigenvalue weighted by atomic mass is 35.5. The fourth-order valence-electron chi connectivity index (χ4n) is 1.17. The molecular formula is C8H4ClF3N2. The number of alkyl halides is 3. The Morgan fingerprint density at radius 3 is 2.64 bits per heavy atom. The van der Waals surface area contributed by atoms with Crippen LogP contribution in [0.25, 0.3) is 11.0 Å². The molecule has 0 spiro atoms. The molecule has 0 unspecified atom stereocenters. The zero-order valence-electron chi connectivity index (χ0n) is 6.69. The van der Waals surface area contributed by atoms with Crippen LogP contribution in [0.15, 0.2) is 18.5 Å². The number of hydrogen-bond acceptors (Lipinski definition) is 1. The number of halogens is 4. The zero-order valence-corrected chi connectivity index (χ0v) is 7.45. The highest BCUT2D eigenvalue weighted by Crippen LogP contribution is 2.36. The van der Waals surface area contributed by atoms with Crippen LogP contribution < -0.4 is 0 Å². The first-order valence-electron chi connectivity index (χ1n) is 3.68. The molecular weight excluding hydrogens is 217 g/mol. The molecule has 6 heteroatoms. The number of fused-ring (bicyclic) bond motifs is 1. The fraction of sp³-hybridized carbons (Fsp3) is 0.125. The summed E-state index contributed by atoms with van der Waals surface area (Å²) in [6, 6.07) is 2.14. The van der Waals surface area contributed by atoms with Gasteiger partial charge in [-0.1, -0.05) is 11.6 Å². The van der Waals surface area contributed by atoms with E-state index in [4.69, 9.17) is 11.6 Å². The minimum Gasteiger partial charge on any atom is -0.345 e. The minimum atomic E-state index is -4.44. The minimum absolute atomic E-state index is 0.252. The van der Waals surface area contributed by atoms with Gasteiger partial charge in [-0.3, -0.25) is 0 Å². The van der Waals surface area contributed by atoms with Crippen molar-refractivity contribution >= 4 is 22.6 Å². The molecule has 2 aromatic rings. The van der Waals surface area contributed by atoms with E-state index in [9.17, 15) is 13.2 Å². The maximum atomic E-state index is 12.4. The molecule has 1 aromatic heterocycles. The van der Waals surface area contributed by atoms with Gasteiger partial charge in [-0.25, -0.2) is 4.98 Å². The molecule has 14 heavy (non-hydrogen) atoms. The number of aromatic nitrogens is 2. The van der Waals surface area contributed by atoms with E-state index >= 15 is 0 Å². The third-order valence-corrected chi connectivity index (χ3v) is 2.13. The number of hydrogen-bond donors (Lipinski definition) is 1. The van der Waals surface area contributed by atoms with Gasteiger partial charge in [-0.2, -0.15) is 13.2 Å². The molecule has 2 nitrogen and oxygen atoms in total. The van der Waals surface area contributed by atoms with E-state index in [2.05, 4.69) is 9.97 Å². The summed E-state index contributed by atoms with van der Waals surface area (Å²) < 4.78 is 37.1. The first-order valence-corrected chi connectivity index (χ1v) is 4.06. The highest BCUT2D eigenvalue weighted by Gasteiger charge is 2.33.